The fourth-order valence-corrected chi connectivity index (χ4v) is 2.98. The zero-order valence-electron chi connectivity index (χ0n) is 18.3. The first-order valence-electron chi connectivity index (χ1n) is 10.3. The molecule has 3 aromatic rings. The molecular weight excluding hydrogens is 392 g/mol. The van der Waals surface area contributed by atoms with Crippen molar-refractivity contribution in [3.05, 3.63) is 72.1 Å². The highest BCUT2D eigenvalue weighted by molar-refractivity contribution is 5.95. The van der Waals surface area contributed by atoms with Crippen molar-refractivity contribution >= 4 is 17.5 Å². The molecule has 2 amide bonds. The lowest BCUT2D eigenvalue weighted by Gasteiger charge is -2.18. The topological polar surface area (TPSA) is 85.2 Å². The zero-order chi connectivity index (χ0) is 22.4. The predicted molar refractivity (Wildman–Crippen MR) is 121 cm³/mol. The fourth-order valence-electron chi connectivity index (χ4n) is 2.98. The summed E-state index contributed by atoms with van der Waals surface area (Å²) in [4.78, 5) is 24.6. The van der Waals surface area contributed by atoms with Crippen molar-refractivity contribution in [1.29, 1.82) is 0 Å². The molecule has 31 heavy (non-hydrogen) atoms. The van der Waals surface area contributed by atoms with Crippen LogP contribution in [0, 0.1) is 6.92 Å². The third-order valence-corrected chi connectivity index (χ3v) is 4.90. The molecule has 3 rings (SSSR count). The first-order valence-corrected chi connectivity index (χ1v) is 10.3. The number of carbonyl (C=O) groups is 2. The molecule has 2 N–H and O–H groups in total. The Morgan fingerprint density at radius 3 is 2.48 bits per heavy atom. The highest BCUT2D eigenvalue weighted by Crippen LogP contribution is 2.25. The normalized spacial score (nSPS) is 11.8. The number of aromatic nitrogens is 2. The average Bonchev–Trinajstić information content (AvgIpc) is 3.28. The maximum atomic E-state index is 12.4. The molecule has 2 aromatic carbocycles. The lowest BCUT2D eigenvalue weighted by atomic mass is 10.0. The SMILES string of the molecule is Cc1ccc(C(C)C)cc1OC(C)C(=O)NCC(=O)Nc1ccc(-n2cccn2)cc1. The summed E-state index contributed by atoms with van der Waals surface area (Å²) in [5.41, 5.74) is 3.63. The molecule has 0 aliphatic rings. The summed E-state index contributed by atoms with van der Waals surface area (Å²) in [6.07, 6.45) is 2.82. The van der Waals surface area contributed by atoms with Crippen LogP contribution < -0.4 is 15.4 Å². The third-order valence-electron chi connectivity index (χ3n) is 4.90. The maximum Gasteiger partial charge on any atom is 0.261 e. The second kappa shape index (κ2) is 9.93. The van der Waals surface area contributed by atoms with Gasteiger partial charge in [0.15, 0.2) is 6.10 Å². The molecule has 1 unspecified atom stereocenters. The second-order valence-corrected chi connectivity index (χ2v) is 7.70. The van der Waals surface area contributed by atoms with Crippen molar-refractivity contribution in [2.75, 3.05) is 11.9 Å². The van der Waals surface area contributed by atoms with Gasteiger partial charge in [-0.15, -0.1) is 0 Å². The number of anilines is 1. The number of amides is 2. The summed E-state index contributed by atoms with van der Waals surface area (Å²) in [6, 6.07) is 15.1. The molecule has 0 aliphatic heterocycles. The van der Waals surface area contributed by atoms with Gasteiger partial charge in [-0.1, -0.05) is 26.0 Å². The summed E-state index contributed by atoms with van der Waals surface area (Å²) < 4.78 is 7.57. The molecule has 0 bridgehead atoms. The number of nitrogens with zero attached hydrogens (tertiary/aromatic N) is 2. The summed E-state index contributed by atoms with van der Waals surface area (Å²) in [6.45, 7) is 7.68. The molecular formula is C24H28N4O3. The number of nitrogens with one attached hydrogen (secondary N) is 2. The minimum absolute atomic E-state index is 0.140. The van der Waals surface area contributed by atoms with Crippen molar-refractivity contribution in [2.45, 2.75) is 39.7 Å². The van der Waals surface area contributed by atoms with E-state index < -0.39 is 6.10 Å². The molecule has 7 heteroatoms. The lowest BCUT2D eigenvalue weighted by Crippen LogP contribution is -2.40. The van der Waals surface area contributed by atoms with Crippen LogP contribution in [0.3, 0.4) is 0 Å². The number of hydrogen-bond acceptors (Lipinski definition) is 4. The quantitative estimate of drug-likeness (QED) is 0.580. The van der Waals surface area contributed by atoms with Crippen molar-refractivity contribution in [3.63, 3.8) is 0 Å². The average molecular weight is 421 g/mol. The molecule has 1 heterocycles. The van der Waals surface area contributed by atoms with E-state index in [-0.39, 0.29) is 18.4 Å². The molecule has 0 spiro atoms. The smallest absolute Gasteiger partial charge is 0.261 e. The first-order chi connectivity index (χ1) is 14.8. The summed E-state index contributed by atoms with van der Waals surface area (Å²) in [7, 11) is 0. The van der Waals surface area contributed by atoms with Crippen LogP contribution in [0.5, 0.6) is 5.75 Å². The van der Waals surface area contributed by atoms with E-state index in [1.165, 1.54) is 0 Å². The maximum absolute atomic E-state index is 12.4. The van der Waals surface area contributed by atoms with Crippen molar-refractivity contribution in [1.82, 2.24) is 15.1 Å². The van der Waals surface area contributed by atoms with Crippen molar-refractivity contribution in [3.8, 4) is 11.4 Å². The number of aryl methyl sites for hydroxylation is 1. The number of carbonyl (C=O) groups excluding carboxylic acids is 2. The van der Waals surface area contributed by atoms with E-state index in [0.29, 0.717) is 17.4 Å². The zero-order valence-corrected chi connectivity index (χ0v) is 18.3. The van der Waals surface area contributed by atoms with Gasteiger partial charge in [-0.05, 0) is 67.3 Å². The monoisotopic (exact) mass is 420 g/mol. The standard InChI is InChI=1S/C24H28N4O3/c1-16(2)19-7-6-17(3)22(14-19)31-18(4)24(30)25-15-23(29)27-20-8-10-21(11-9-20)28-13-5-12-26-28/h5-14,16,18H,15H2,1-4H3,(H,25,30)(H,27,29). The van der Waals surface area contributed by atoms with E-state index in [4.69, 9.17) is 4.74 Å². The Balaban J connectivity index is 1.49. The molecule has 1 aromatic heterocycles. The number of benzene rings is 2. The highest BCUT2D eigenvalue weighted by atomic mass is 16.5. The number of rotatable bonds is 8. The molecule has 0 radical (unpaired) electrons. The van der Waals surface area contributed by atoms with Gasteiger partial charge < -0.3 is 15.4 Å². The van der Waals surface area contributed by atoms with E-state index in [2.05, 4.69) is 35.6 Å². The van der Waals surface area contributed by atoms with E-state index in [1.807, 2.05) is 43.5 Å². The molecule has 1 atom stereocenters. The largest absolute Gasteiger partial charge is 0.481 e. The highest BCUT2D eigenvalue weighted by Gasteiger charge is 2.17. The van der Waals surface area contributed by atoms with Crippen LogP contribution in [0.4, 0.5) is 5.69 Å². The number of hydrogen-bond donors (Lipinski definition) is 2. The Morgan fingerprint density at radius 2 is 1.84 bits per heavy atom. The summed E-state index contributed by atoms with van der Waals surface area (Å²) in [5, 5.41) is 9.55. The van der Waals surface area contributed by atoms with Gasteiger partial charge in [0.1, 0.15) is 5.75 Å². The Labute approximate surface area is 182 Å². The first kappa shape index (κ1) is 22.1. The molecule has 0 saturated heterocycles. The molecule has 0 saturated carbocycles. The van der Waals surface area contributed by atoms with E-state index in [1.54, 1.807) is 29.9 Å². The molecule has 0 aliphatic carbocycles. The van der Waals surface area contributed by atoms with Crippen LogP contribution in [-0.2, 0) is 9.59 Å². The predicted octanol–water partition coefficient (Wildman–Crippen LogP) is 3.83. The van der Waals surface area contributed by atoms with Gasteiger partial charge in [0, 0.05) is 18.1 Å². The van der Waals surface area contributed by atoms with Gasteiger partial charge in [0.05, 0.1) is 12.2 Å². The van der Waals surface area contributed by atoms with Gasteiger partial charge in [0.2, 0.25) is 5.91 Å². The minimum Gasteiger partial charge on any atom is -0.481 e. The molecule has 7 nitrogen and oxygen atoms in total. The van der Waals surface area contributed by atoms with Crippen molar-refractivity contribution in [2.24, 2.45) is 0 Å². The van der Waals surface area contributed by atoms with Crippen molar-refractivity contribution < 1.29 is 14.3 Å². The van der Waals surface area contributed by atoms with Crippen LogP contribution in [0.25, 0.3) is 5.69 Å². The molecule has 0 fully saturated rings. The van der Waals surface area contributed by atoms with Crippen LogP contribution in [-0.4, -0.2) is 34.2 Å². The summed E-state index contributed by atoms with van der Waals surface area (Å²) in [5.74, 6) is 0.379. The second-order valence-electron chi connectivity index (χ2n) is 7.70. The fraction of sp³-hybridized carbons (Fsp3) is 0.292. The Kier molecular flexibility index (Phi) is 7.07. The third kappa shape index (κ3) is 5.94. The van der Waals surface area contributed by atoms with Crippen LogP contribution in [0.2, 0.25) is 0 Å². The van der Waals surface area contributed by atoms with Gasteiger partial charge in [0.25, 0.3) is 5.91 Å². The minimum atomic E-state index is -0.720. The van der Waals surface area contributed by atoms with Crippen LogP contribution in [0.15, 0.2) is 60.9 Å². The van der Waals surface area contributed by atoms with Gasteiger partial charge >= 0.3 is 0 Å². The molecule has 162 valence electrons. The number of ether oxygens (including phenoxy) is 1. The Morgan fingerprint density at radius 1 is 1.10 bits per heavy atom. The van der Waals surface area contributed by atoms with Crippen LogP contribution in [0.1, 0.15) is 37.8 Å². The van der Waals surface area contributed by atoms with Gasteiger partial charge in [-0.3, -0.25) is 9.59 Å². The Hall–Kier alpha value is -3.61. The van der Waals surface area contributed by atoms with Gasteiger partial charge in [-0.25, -0.2) is 4.68 Å². The van der Waals surface area contributed by atoms with Crippen LogP contribution >= 0.6 is 0 Å². The van der Waals surface area contributed by atoms with E-state index in [0.717, 1.165) is 16.8 Å². The van der Waals surface area contributed by atoms with Gasteiger partial charge in [-0.2, -0.15) is 5.10 Å². The van der Waals surface area contributed by atoms with E-state index in [9.17, 15) is 9.59 Å². The lowest BCUT2D eigenvalue weighted by molar-refractivity contribution is -0.129. The Bertz CT molecular complexity index is 1030. The van der Waals surface area contributed by atoms with E-state index >= 15 is 0 Å². The summed E-state index contributed by atoms with van der Waals surface area (Å²) >= 11 is 0.